The third kappa shape index (κ3) is 3.85. The molecule has 1 fully saturated rings. The largest absolute Gasteiger partial charge is 0.314 e. The van der Waals surface area contributed by atoms with Gasteiger partial charge in [0.25, 0.3) is 0 Å². The lowest BCUT2D eigenvalue weighted by Gasteiger charge is -2.33. The number of nitrogens with one attached hydrogen (secondary N) is 1. The van der Waals surface area contributed by atoms with Crippen LogP contribution in [-0.4, -0.2) is 30.6 Å². The molecule has 0 radical (unpaired) electrons. The SMILES string of the molecule is Cc1ccc(CN2CCNC[C@H]2C)cc1Cl.Cl. The van der Waals surface area contributed by atoms with Crippen LogP contribution in [0.2, 0.25) is 5.02 Å². The number of benzene rings is 1. The number of hydrogen-bond donors (Lipinski definition) is 1. The molecular weight excluding hydrogens is 255 g/mol. The molecule has 1 aromatic carbocycles. The van der Waals surface area contributed by atoms with Crippen molar-refractivity contribution in [2.75, 3.05) is 19.6 Å². The second kappa shape index (κ2) is 6.60. The highest BCUT2D eigenvalue weighted by atomic mass is 35.5. The second-order valence-electron chi connectivity index (χ2n) is 4.61. The Labute approximate surface area is 115 Å². The number of hydrogen-bond acceptors (Lipinski definition) is 2. The van der Waals surface area contributed by atoms with Gasteiger partial charge in [-0.05, 0) is 31.0 Å². The molecule has 0 unspecified atom stereocenters. The Kier molecular flexibility index (Phi) is 5.74. The third-order valence-corrected chi connectivity index (χ3v) is 3.67. The van der Waals surface area contributed by atoms with Crippen molar-refractivity contribution in [3.63, 3.8) is 0 Å². The lowest BCUT2D eigenvalue weighted by atomic mass is 10.1. The van der Waals surface area contributed by atoms with Crippen molar-refractivity contribution >= 4 is 24.0 Å². The van der Waals surface area contributed by atoms with Gasteiger partial charge >= 0.3 is 0 Å². The van der Waals surface area contributed by atoms with Crippen molar-refractivity contribution in [1.82, 2.24) is 10.2 Å². The molecule has 0 aromatic heterocycles. The predicted octanol–water partition coefficient (Wildman–Crippen LogP) is 2.86. The quantitative estimate of drug-likeness (QED) is 0.892. The number of aryl methyl sites for hydroxylation is 1. The van der Waals surface area contributed by atoms with Crippen LogP contribution in [0.5, 0.6) is 0 Å². The van der Waals surface area contributed by atoms with Crippen LogP contribution in [0.15, 0.2) is 18.2 Å². The Morgan fingerprint density at radius 1 is 1.47 bits per heavy atom. The van der Waals surface area contributed by atoms with Gasteiger partial charge in [-0.1, -0.05) is 23.7 Å². The first-order valence-corrected chi connectivity index (χ1v) is 6.24. The fourth-order valence-corrected chi connectivity index (χ4v) is 2.29. The first kappa shape index (κ1) is 14.8. The molecule has 4 heteroatoms. The zero-order chi connectivity index (χ0) is 11.5. The monoisotopic (exact) mass is 274 g/mol. The highest BCUT2D eigenvalue weighted by Crippen LogP contribution is 2.18. The van der Waals surface area contributed by atoms with Crippen LogP contribution in [0, 0.1) is 6.92 Å². The van der Waals surface area contributed by atoms with Gasteiger partial charge in [0.1, 0.15) is 0 Å². The molecule has 1 aliphatic rings. The maximum absolute atomic E-state index is 6.14. The summed E-state index contributed by atoms with van der Waals surface area (Å²) in [5.41, 5.74) is 2.46. The van der Waals surface area contributed by atoms with Gasteiger partial charge in [0.2, 0.25) is 0 Å². The van der Waals surface area contributed by atoms with Crippen molar-refractivity contribution < 1.29 is 0 Å². The van der Waals surface area contributed by atoms with Crippen LogP contribution in [-0.2, 0) is 6.54 Å². The summed E-state index contributed by atoms with van der Waals surface area (Å²) >= 11 is 6.14. The van der Waals surface area contributed by atoms with Gasteiger partial charge < -0.3 is 5.32 Å². The molecule has 1 aromatic rings. The van der Waals surface area contributed by atoms with Gasteiger partial charge in [-0.2, -0.15) is 0 Å². The van der Waals surface area contributed by atoms with Crippen molar-refractivity contribution in [1.29, 1.82) is 0 Å². The Morgan fingerprint density at radius 3 is 2.88 bits per heavy atom. The molecule has 0 saturated carbocycles. The van der Waals surface area contributed by atoms with E-state index in [4.69, 9.17) is 11.6 Å². The zero-order valence-corrected chi connectivity index (χ0v) is 11.9. The molecule has 96 valence electrons. The summed E-state index contributed by atoms with van der Waals surface area (Å²) in [7, 11) is 0. The fraction of sp³-hybridized carbons (Fsp3) is 0.538. The Hall–Kier alpha value is -0.280. The maximum atomic E-state index is 6.14. The molecule has 1 saturated heterocycles. The molecule has 17 heavy (non-hydrogen) atoms. The number of halogens is 2. The van der Waals surface area contributed by atoms with Crippen LogP contribution in [0.1, 0.15) is 18.1 Å². The van der Waals surface area contributed by atoms with Crippen LogP contribution >= 0.6 is 24.0 Å². The van der Waals surface area contributed by atoms with Crippen LogP contribution in [0.4, 0.5) is 0 Å². The minimum atomic E-state index is 0. The van der Waals surface area contributed by atoms with Gasteiger partial charge in [0.15, 0.2) is 0 Å². The highest BCUT2D eigenvalue weighted by Gasteiger charge is 2.17. The van der Waals surface area contributed by atoms with Gasteiger partial charge in [0.05, 0.1) is 0 Å². The topological polar surface area (TPSA) is 15.3 Å². The number of rotatable bonds is 2. The molecule has 1 heterocycles. The molecular formula is C13H20Cl2N2. The zero-order valence-electron chi connectivity index (χ0n) is 10.4. The summed E-state index contributed by atoms with van der Waals surface area (Å²) in [6, 6.07) is 6.97. The molecule has 2 nitrogen and oxygen atoms in total. The van der Waals surface area contributed by atoms with Crippen molar-refractivity contribution in [3.05, 3.63) is 34.3 Å². The van der Waals surface area contributed by atoms with E-state index in [1.165, 1.54) is 5.56 Å². The van der Waals surface area contributed by atoms with Crippen LogP contribution in [0.3, 0.4) is 0 Å². The maximum Gasteiger partial charge on any atom is 0.0438 e. The van der Waals surface area contributed by atoms with Crippen LogP contribution < -0.4 is 5.32 Å². The van der Waals surface area contributed by atoms with E-state index in [2.05, 4.69) is 35.3 Å². The second-order valence-corrected chi connectivity index (χ2v) is 5.01. The van der Waals surface area contributed by atoms with Gasteiger partial charge in [-0.25, -0.2) is 0 Å². The first-order chi connectivity index (χ1) is 7.66. The average molecular weight is 275 g/mol. The molecule has 0 amide bonds. The lowest BCUT2D eigenvalue weighted by Crippen LogP contribution is -2.49. The van der Waals surface area contributed by atoms with Crippen molar-refractivity contribution in [2.45, 2.75) is 26.4 Å². The lowest BCUT2D eigenvalue weighted by molar-refractivity contribution is 0.165. The Bertz CT molecular complexity index is 368. The van der Waals surface area contributed by atoms with E-state index >= 15 is 0 Å². The van der Waals surface area contributed by atoms with E-state index < -0.39 is 0 Å². The summed E-state index contributed by atoms with van der Waals surface area (Å²) in [5, 5.41) is 4.28. The summed E-state index contributed by atoms with van der Waals surface area (Å²) < 4.78 is 0. The van der Waals surface area contributed by atoms with Gasteiger partial charge in [-0.15, -0.1) is 12.4 Å². The van der Waals surface area contributed by atoms with E-state index in [1.54, 1.807) is 0 Å². The molecule has 1 aliphatic heterocycles. The van der Waals surface area contributed by atoms with E-state index in [0.717, 1.165) is 36.8 Å². The average Bonchev–Trinajstić information content (AvgIpc) is 2.27. The Morgan fingerprint density at radius 2 is 2.24 bits per heavy atom. The van der Waals surface area contributed by atoms with Crippen molar-refractivity contribution in [2.24, 2.45) is 0 Å². The van der Waals surface area contributed by atoms with E-state index in [1.807, 2.05) is 6.92 Å². The number of nitrogens with zero attached hydrogens (tertiary/aromatic N) is 1. The van der Waals surface area contributed by atoms with E-state index in [-0.39, 0.29) is 12.4 Å². The van der Waals surface area contributed by atoms with E-state index in [0.29, 0.717) is 6.04 Å². The van der Waals surface area contributed by atoms with E-state index in [9.17, 15) is 0 Å². The number of piperazine rings is 1. The third-order valence-electron chi connectivity index (χ3n) is 3.26. The standard InChI is InChI=1S/C13H19ClN2.ClH/c1-10-3-4-12(7-13(10)14)9-16-6-5-15-8-11(16)2;/h3-4,7,11,15H,5-6,8-9H2,1-2H3;1H/t11-;/m1./s1. The van der Waals surface area contributed by atoms with Crippen molar-refractivity contribution in [3.8, 4) is 0 Å². The summed E-state index contributed by atoms with van der Waals surface area (Å²) in [6.07, 6.45) is 0. The fourth-order valence-electron chi connectivity index (χ4n) is 2.09. The van der Waals surface area contributed by atoms with Gasteiger partial charge in [0, 0.05) is 37.2 Å². The van der Waals surface area contributed by atoms with Gasteiger partial charge in [-0.3, -0.25) is 4.90 Å². The Balaban J connectivity index is 0.00000144. The summed E-state index contributed by atoms with van der Waals surface area (Å²) in [4.78, 5) is 2.50. The first-order valence-electron chi connectivity index (χ1n) is 5.86. The molecule has 0 aliphatic carbocycles. The smallest absolute Gasteiger partial charge is 0.0438 e. The van der Waals surface area contributed by atoms with Crippen LogP contribution in [0.25, 0.3) is 0 Å². The predicted molar refractivity (Wildman–Crippen MR) is 76.2 cm³/mol. The normalized spacial score (nSPS) is 21.0. The molecule has 1 atom stereocenters. The molecule has 0 bridgehead atoms. The molecule has 1 N–H and O–H groups in total. The minimum absolute atomic E-state index is 0. The highest BCUT2D eigenvalue weighted by molar-refractivity contribution is 6.31. The summed E-state index contributed by atoms with van der Waals surface area (Å²) in [6.45, 7) is 8.60. The molecule has 0 spiro atoms. The summed E-state index contributed by atoms with van der Waals surface area (Å²) in [5.74, 6) is 0. The molecule has 2 rings (SSSR count). The minimum Gasteiger partial charge on any atom is -0.314 e.